The molecule has 0 aliphatic heterocycles. The fraction of sp³-hybridized carbons (Fsp3) is 0.462. The highest BCUT2D eigenvalue weighted by Gasteiger charge is 2.15. The van der Waals surface area contributed by atoms with Crippen molar-refractivity contribution in [2.24, 2.45) is 0 Å². The molecule has 1 aromatic carbocycles. The minimum Gasteiger partial charge on any atom is -0.372 e. The van der Waals surface area contributed by atoms with E-state index >= 15 is 0 Å². The zero-order chi connectivity index (χ0) is 12.1. The van der Waals surface area contributed by atoms with Crippen molar-refractivity contribution in [3.8, 4) is 0 Å². The van der Waals surface area contributed by atoms with E-state index in [1.807, 2.05) is 38.1 Å². The number of nitrogens with one attached hydrogen (secondary N) is 1. The molecule has 0 bridgehead atoms. The molecule has 0 saturated carbocycles. The Kier molecular flexibility index (Phi) is 4.50. The van der Waals surface area contributed by atoms with Crippen LogP contribution < -0.4 is 5.32 Å². The van der Waals surface area contributed by atoms with Gasteiger partial charge in [0.1, 0.15) is 6.10 Å². The van der Waals surface area contributed by atoms with E-state index in [0.717, 1.165) is 5.56 Å². The molecular formula is C13H19NO2. The molecule has 88 valence electrons. The summed E-state index contributed by atoms with van der Waals surface area (Å²) in [5, 5.41) is 2.92. The summed E-state index contributed by atoms with van der Waals surface area (Å²) < 4.78 is 4.97. The van der Waals surface area contributed by atoms with Gasteiger partial charge >= 0.3 is 0 Å². The van der Waals surface area contributed by atoms with Gasteiger partial charge in [-0.25, -0.2) is 0 Å². The van der Waals surface area contributed by atoms with Gasteiger partial charge in [-0.1, -0.05) is 24.3 Å². The zero-order valence-electron chi connectivity index (χ0n) is 10.3. The maximum absolute atomic E-state index is 11.6. The van der Waals surface area contributed by atoms with Gasteiger partial charge in [0.25, 0.3) is 0 Å². The van der Waals surface area contributed by atoms with Crippen LogP contribution in [0, 0.1) is 6.92 Å². The number of ether oxygens (including phenoxy) is 1. The number of amides is 1. The van der Waals surface area contributed by atoms with Crippen LogP contribution in [0.15, 0.2) is 24.3 Å². The number of methoxy groups -OCH3 is 1. The second kappa shape index (κ2) is 5.66. The Morgan fingerprint density at radius 3 is 2.50 bits per heavy atom. The summed E-state index contributed by atoms with van der Waals surface area (Å²) in [4.78, 5) is 11.6. The van der Waals surface area contributed by atoms with Crippen molar-refractivity contribution in [2.75, 3.05) is 7.11 Å². The first-order valence-electron chi connectivity index (χ1n) is 5.45. The van der Waals surface area contributed by atoms with E-state index in [1.165, 1.54) is 12.7 Å². The molecule has 0 fully saturated rings. The van der Waals surface area contributed by atoms with Gasteiger partial charge in [0.2, 0.25) is 5.91 Å². The van der Waals surface area contributed by atoms with Gasteiger partial charge in [0, 0.05) is 7.11 Å². The van der Waals surface area contributed by atoms with Gasteiger partial charge in [-0.15, -0.1) is 0 Å². The van der Waals surface area contributed by atoms with Crippen LogP contribution in [0.4, 0.5) is 0 Å². The smallest absolute Gasteiger partial charge is 0.249 e. The van der Waals surface area contributed by atoms with Crippen LogP contribution in [0.2, 0.25) is 0 Å². The van der Waals surface area contributed by atoms with Crippen LogP contribution in [0.5, 0.6) is 0 Å². The molecule has 0 heterocycles. The molecule has 0 aliphatic rings. The molecule has 2 atom stereocenters. The Morgan fingerprint density at radius 1 is 1.31 bits per heavy atom. The third-order valence-electron chi connectivity index (χ3n) is 2.74. The molecule has 0 saturated heterocycles. The fourth-order valence-electron chi connectivity index (χ4n) is 1.59. The van der Waals surface area contributed by atoms with Crippen molar-refractivity contribution in [3.05, 3.63) is 35.4 Å². The van der Waals surface area contributed by atoms with Crippen LogP contribution in [0.1, 0.15) is 31.0 Å². The third-order valence-corrected chi connectivity index (χ3v) is 2.74. The standard InChI is InChI=1S/C13H19NO2/c1-9-7-5-6-8-12(9)10(2)14-13(15)11(3)16-4/h5-8,10-11H,1-4H3,(H,14,15)/t10-,11?/m0/s1. The van der Waals surface area contributed by atoms with Gasteiger partial charge in [0.15, 0.2) is 0 Å². The first kappa shape index (κ1) is 12.7. The molecule has 0 aliphatic carbocycles. The Labute approximate surface area is 96.8 Å². The number of carbonyl (C=O) groups is 1. The number of hydrogen-bond acceptors (Lipinski definition) is 2. The summed E-state index contributed by atoms with van der Waals surface area (Å²) in [6, 6.07) is 8.04. The quantitative estimate of drug-likeness (QED) is 0.846. The summed E-state index contributed by atoms with van der Waals surface area (Å²) in [6.07, 6.45) is -0.411. The summed E-state index contributed by atoms with van der Waals surface area (Å²) in [5.41, 5.74) is 2.32. The van der Waals surface area contributed by atoms with Gasteiger partial charge < -0.3 is 10.1 Å². The van der Waals surface area contributed by atoms with Crippen molar-refractivity contribution >= 4 is 5.91 Å². The molecule has 1 amide bonds. The topological polar surface area (TPSA) is 38.3 Å². The van der Waals surface area contributed by atoms with Crippen LogP contribution in [-0.4, -0.2) is 19.1 Å². The van der Waals surface area contributed by atoms with Crippen molar-refractivity contribution in [2.45, 2.75) is 32.9 Å². The lowest BCUT2D eigenvalue weighted by Gasteiger charge is -2.18. The molecule has 1 aromatic rings. The predicted octanol–water partition coefficient (Wildman–Crippen LogP) is 2.21. The van der Waals surface area contributed by atoms with Crippen LogP contribution >= 0.6 is 0 Å². The lowest BCUT2D eigenvalue weighted by molar-refractivity contribution is -0.130. The van der Waals surface area contributed by atoms with E-state index in [-0.39, 0.29) is 11.9 Å². The second-order valence-corrected chi connectivity index (χ2v) is 3.96. The summed E-state index contributed by atoms with van der Waals surface area (Å²) in [5.74, 6) is -0.0850. The number of hydrogen-bond donors (Lipinski definition) is 1. The monoisotopic (exact) mass is 221 g/mol. The van der Waals surface area contributed by atoms with Gasteiger partial charge in [-0.05, 0) is 31.9 Å². The highest BCUT2D eigenvalue weighted by atomic mass is 16.5. The van der Waals surface area contributed by atoms with Crippen molar-refractivity contribution in [3.63, 3.8) is 0 Å². The normalized spacial score (nSPS) is 14.2. The van der Waals surface area contributed by atoms with Crippen molar-refractivity contribution in [1.29, 1.82) is 0 Å². The van der Waals surface area contributed by atoms with Crippen LogP contribution in [-0.2, 0) is 9.53 Å². The molecule has 1 N–H and O–H groups in total. The van der Waals surface area contributed by atoms with Crippen molar-refractivity contribution in [1.82, 2.24) is 5.32 Å². The molecular weight excluding hydrogens is 202 g/mol. The minimum absolute atomic E-state index is 0.00583. The van der Waals surface area contributed by atoms with E-state index in [4.69, 9.17) is 4.74 Å². The van der Waals surface area contributed by atoms with Gasteiger partial charge in [-0.2, -0.15) is 0 Å². The molecule has 0 radical (unpaired) electrons. The summed E-state index contributed by atoms with van der Waals surface area (Å²) in [7, 11) is 1.53. The Bertz CT molecular complexity index is 363. The third kappa shape index (κ3) is 3.07. The van der Waals surface area contributed by atoms with E-state index < -0.39 is 6.10 Å². The zero-order valence-corrected chi connectivity index (χ0v) is 10.3. The predicted molar refractivity (Wildman–Crippen MR) is 64.2 cm³/mol. The molecule has 0 spiro atoms. The van der Waals surface area contributed by atoms with Gasteiger partial charge in [0.05, 0.1) is 6.04 Å². The van der Waals surface area contributed by atoms with Crippen molar-refractivity contribution < 1.29 is 9.53 Å². The largest absolute Gasteiger partial charge is 0.372 e. The minimum atomic E-state index is -0.411. The van der Waals surface area contributed by atoms with Crippen LogP contribution in [0.3, 0.4) is 0 Å². The number of benzene rings is 1. The van der Waals surface area contributed by atoms with Crippen LogP contribution in [0.25, 0.3) is 0 Å². The lowest BCUT2D eigenvalue weighted by Crippen LogP contribution is -2.35. The number of aryl methyl sites for hydroxylation is 1. The first-order chi connectivity index (χ1) is 7.56. The fourth-order valence-corrected chi connectivity index (χ4v) is 1.59. The van der Waals surface area contributed by atoms with E-state index in [1.54, 1.807) is 6.92 Å². The molecule has 0 aromatic heterocycles. The summed E-state index contributed by atoms with van der Waals surface area (Å²) >= 11 is 0. The Morgan fingerprint density at radius 2 is 1.94 bits per heavy atom. The first-order valence-corrected chi connectivity index (χ1v) is 5.45. The Balaban J connectivity index is 2.69. The average Bonchev–Trinajstić information content (AvgIpc) is 2.28. The lowest BCUT2D eigenvalue weighted by atomic mass is 10.0. The van der Waals surface area contributed by atoms with E-state index in [9.17, 15) is 4.79 Å². The average molecular weight is 221 g/mol. The number of carbonyl (C=O) groups excluding carboxylic acids is 1. The van der Waals surface area contributed by atoms with E-state index in [0.29, 0.717) is 0 Å². The molecule has 1 unspecified atom stereocenters. The SMILES string of the molecule is COC(C)C(=O)N[C@@H](C)c1ccccc1C. The molecule has 16 heavy (non-hydrogen) atoms. The molecule has 3 nitrogen and oxygen atoms in total. The Hall–Kier alpha value is -1.35. The highest BCUT2D eigenvalue weighted by Crippen LogP contribution is 2.16. The second-order valence-electron chi connectivity index (χ2n) is 3.96. The highest BCUT2D eigenvalue weighted by molar-refractivity contribution is 5.80. The maximum Gasteiger partial charge on any atom is 0.249 e. The molecule has 3 heteroatoms. The molecule has 1 rings (SSSR count). The summed E-state index contributed by atoms with van der Waals surface area (Å²) in [6.45, 7) is 5.75. The maximum atomic E-state index is 11.6. The number of rotatable bonds is 4. The van der Waals surface area contributed by atoms with Gasteiger partial charge in [-0.3, -0.25) is 4.79 Å². The van der Waals surface area contributed by atoms with E-state index in [2.05, 4.69) is 5.32 Å².